The number of aliphatic hydroxyl groups is 3. The van der Waals surface area contributed by atoms with Gasteiger partial charge in [-0.25, -0.2) is 0 Å². The van der Waals surface area contributed by atoms with E-state index in [1.165, 1.54) is 36.0 Å². The lowest BCUT2D eigenvalue weighted by Gasteiger charge is -2.39. The number of benzene rings is 2. The van der Waals surface area contributed by atoms with Crippen molar-refractivity contribution in [1.29, 1.82) is 0 Å². The molecule has 0 amide bonds. The van der Waals surface area contributed by atoms with E-state index in [2.05, 4.69) is 59.5 Å². The van der Waals surface area contributed by atoms with Crippen LogP contribution in [0.2, 0.25) is 0 Å². The van der Waals surface area contributed by atoms with Crippen LogP contribution in [0.5, 0.6) is 0 Å². The summed E-state index contributed by atoms with van der Waals surface area (Å²) in [5, 5.41) is 29.2. The molecule has 1 saturated heterocycles. The van der Waals surface area contributed by atoms with Gasteiger partial charge in [0.15, 0.2) is 0 Å². The fourth-order valence-corrected chi connectivity index (χ4v) is 4.36. The SMILES string of the molecule is OC[C@H]1CC(O)[C@@H](O)CN1CCCCCCCc1ccccc1-c1ccccc1. The van der Waals surface area contributed by atoms with E-state index in [0.29, 0.717) is 13.0 Å². The van der Waals surface area contributed by atoms with E-state index in [1.807, 2.05) is 0 Å². The van der Waals surface area contributed by atoms with Gasteiger partial charge in [0.05, 0.1) is 18.8 Å². The third kappa shape index (κ3) is 6.38. The Hall–Kier alpha value is -1.72. The van der Waals surface area contributed by atoms with Gasteiger partial charge in [-0.1, -0.05) is 73.9 Å². The van der Waals surface area contributed by atoms with Crippen LogP contribution in [0.4, 0.5) is 0 Å². The maximum atomic E-state index is 9.87. The maximum Gasteiger partial charge on any atom is 0.0926 e. The highest BCUT2D eigenvalue weighted by Crippen LogP contribution is 2.25. The van der Waals surface area contributed by atoms with E-state index in [-0.39, 0.29) is 12.6 Å². The lowest BCUT2D eigenvalue weighted by molar-refractivity contribution is -0.0710. The van der Waals surface area contributed by atoms with E-state index < -0.39 is 12.2 Å². The van der Waals surface area contributed by atoms with E-state index in [4.69, 9.17) is 0 Å². The summed E-state index contributed by atoms with van der Waals surface area (Å²) in [5.74, 6) is 0. The van der Waals surface area contributed by atoms with Crippen molar-refractivity contribution in [3.63, 3.8) is 0 Å². The van der Waals surface area contributed by atoms with Crippen molar-refractivity contribution in [3.05, 3.63) is 60.2 Å². The molecule has 0 spiro atoms. The van der Waals surface area contributed by atoms with Crippen molar-refractivity contribution < 1.29 is 15.3 Å². The number of unbranched alkanes of at least 4 members (excludes halogenated alkanes) is 4. The van der Waals surface area contributed by atoms with Crippen LogP contribution in [0, 0.1) is 0 Å². The Balaban J connectivity index is 1.36. The van der Waals surface area contributed by atoms with Gasteiger partial charge in [0.25, 0.3) is 0 Å². The molecule has 3 atom stereocenters. The number of aliphatic hydroxyl groups excluding tert-OH is 3. The van der Waals surface area contributed by atoms with Crippen LogP contribution in [0.3, 0.4) is 0 Å². The van der Waals surface area contributed by atoms with E-state index >= 15 is 0 Å². The summed E-state index contributed by atoms with van der Waals surface area (Å²) in [4.78, 5) is 2.13. The number of aryl methyl sites for hydroxylation is 1. The van der Waals surface area contributed by atoms with Crippen molar-refractivity contribution >= 4 is 0 Å². The minimum Gasteiger partial charge on any atom is -0.395 e. The molecule has 0 aliphatic carbocycles. The quantitative estimate of drug-likeness (QED) is 0.536. The van der Waals surface area contributed by atoms with Crippen molar-refractivity contribution in [1.82, 2.24) is 4.90 Å². The summed E-state index contributed by atoms with van der Waals surface area (Å²) in [6.45, 7) is 1.39. The topological polar surface area (TPSA) is 63.9 Å². The van der Waals surface area contributed by atoms with Gasteiger partial charge in [0.1, 0.15) is 0 Å². The molecule has 3 rings (SSSR count). The van der Waals surface area contributed by atoms with Crippen LogP contribution in [0.25, 0.3) is 11.1 Å². The third-order valence-corrected chi connectivity index (χ3v) is 6.10. The standard InChI is InChI=1S/C25H35NO3/c27-19-22-17-24(28)25(29)18-26(22)16-10-3-1-2-5-11-21-14-8-9-15-23(21)20-12-6-4-7-13-20/h4,6-9,12-15,22,24-25,27-29H,1-3,5,10-11,16-19H2/t22-,24?,25+/m1/s1. The molecule has 2 aromatic carbocycles. The number of likely N-dealkylation sites (tertiary alicyclic amines) is 1. The zero-order valence-electron chi connectivity index (χ0n) is 17.3. The zero-order chi connectivity index (χ0) is 20.5. The first-order chi connectivity index (χ1) is 14.2. The first kappa shape index (κ1) is 22.0. The van der Waals surface area contributed by atoms with E-state index in [0.717, 1.165) is 25.8 Å². The number of hydrogen-bond acceptors (Lipinski definition) is 4. The Morgan fingerprint density at radius 2 is 1.48 bits per heavy atom. The summed E-state index contributed by atoms with van der Waals surface area (Å²) in [7, 11) is 0. The van der Waals surface area contributed by atoms with Crippen LogP contribution in [-0.4, -0.2) is 58.2 Å². The molecule has 0 radical (unpaired) electrons. The monoisotopic (exact) mass is 397 g/mol. The summed E-state index contributed by atoms with van der Waals surface area (Å²) in [5.41, 5.74) is 4.05. The molecule has 158 valence electrons. The highest BCUT2D eigenvalue weighted by atomic mass is 16.3. The number of rotatable bonds is 10. The molecule has 1 unspecified atom stereocenters. The van der Waals surface area contributed by atoms with Crippen LogP contribution in [0.1, 0.15) is 44.1 Å². The van der Waals surface area contributed by atoms with Crippen LogP contribution in [-0.2, 0) is 6.42 Å². The Labute approximate surface area is 174 Å². The normalized spacial score (nSPS) is 22.7. The molecule has 4 heteroatoms. The molecule has 3 N–H and O–H groups in total. The summed E-state index contributed by atoms with van der Waals surface area (Å²) < 4.78 is 0. The van der Waals surface area contributed by atoms with Crippen LogP contribution >= 0.6 is 0 Å². The van der Waals surface area contributed by atoms with Gasteiger partial charge >= 0.3 is 0 Å². The fraction of sp³-hybridized carbons (Fsp3) is 0.520. The van der Waals surface area contributed by atoms with Crippen molar-refractivity contribution in [3.8, 4) is 11.1 Å². The van der Waals surface area contributed by atoms with Gasteiger partial charge in [0.2, 0.25) is 0 Å². The minimum atomic E-state index is -0.706. The molecule has 1 aliphatic rings. The molecule has 4 nitrogen and oxygen atoms in total. The lowest BCUT2D eigenvalue weighted by atomic mass is 9.95. The molecule has 2 aromatic rings. The maximum absolute atomic E-state index is 9.87. The molecule has 0 aromatic heterocycles. The molecular weight excluding hydrogens is 362 g/mol. The summed E-state index contributed by atoms with van der Waals surface area (Å²) in [6, 6.07) is 19.3. The fourth-order valence-electron chi connectivity index (χ4n) is 4.36. The second-order valence-corrected chi connectivity index (χ2v) is 8.24. The molecular formula is C25H35NO3. The number of nitrogens with zero attached hydrogens (tertiary/aromatic N) is 1. The molecule has 0 bridgehead atoms. The van der Waals surface area contributed by atoms with Gasteiger partial charge in [0, 0.05) is 12.6 Å². The Bertz CT molecular complexity index is 721. The predicted molar refractivity (Wildman–Crippen MR) is 118 cm³/mol. The van der Waals surface area contributed by atoms with Crippen molar-refractivity contribution in [2.75, 3.05) is 19.7 Å². The average Bonchev–Trinajstić information content (AvgIpc) is 2.76. The van der Waals surface area contributed by atoms with Gasteiger partial charge < -0.3 is 15.3 Å². The first-order valence-electron chi connectivity index (χ1n) is 11.0. The minimum absolute atomic E-state index is 0.0251. The number of hydrogen-bond donors (Lipinski definition) is 3. The predicted octanol–water partition coefficient (Wildman–Crippen LogP) is 3.64. The van der Waals surface area contributed by atoms with Crippen molar-refractivity contribution in [2.45, 2.75) is 63.2 Å². The highest BCUT2D eigenvalue weighted by molar-refractivity contribution is 5.67. The number of β-amino-alcohol motifs (C(OH)–C–C–N with tert-alkyl or cyclic N) is 1. The Morgan fingerprint density at radius 1 is 0.793 bits per heavy atom. The van der Waals surface area contributed by atoms with E-state index in [9.17, 15) is 15.3 Å². The molecule has 1 heterocycles. The lowest BCUT2D eigenvalue weighted by Crippen LogP contribution is -2.53. The molecule has 0 saturated carbocycles. The zero-order valence-corrected chi connectivity index (χ0v) is 17.3. The van der Waals surface area contributed by atoms with Crippen LogP contribution in [0.15, 0.2) is 54.6 Å². The van der Waals surface area contributed by atoms with Crippen LogP contribution < -0.4 is 0 Å². The summed E-state index contributed by atoms with van der Waals surface area (Å²) in [6.07, 6.45) is 6.01. The van der Waals surface area contributed by atoms with Gasteiger partial charge in [-0.3, -0.25) is 4.90 Å². The second kappa shape index (κ2) is 11.5. The Morgan fingerprint density at radius 3 is 2.28 bits per heavy atom. The summed E-state index contributed by atoms with van der Waals surface area (Å²) >= 11 is 0. The highest BCUT2D eigenvalue weighted by Gasteiger charge is 2.32. The largest absolute Gasteiger partial charge is 0.395 e. The smallest absolute Gasteiger partial charge is 0.0926 e. The van der Waals surface area contributed by atoms with Gasteiger partial charge in [-0.15, -0.1) is 0 Å². The van der Waals surface area contributed by atoms with Crippen molar-refractivity contribution in [2.24, 2.45) is 0 Å². The first-order valence-corrected chi connectivity index (χ1v) is 11.0. The molecule has 1 fully saturated rings. The molecule has 1 aliphatic heterocycles. The molecule has 29 heavy (non-hydrogen) atoms. The van der Waals surface area contributed by atoms with Gasteiger partial charge in [-0.2, -0.15) is 0 Å². The second-order valence-electron chi connectivity index (χ2n) is 8.24. The van der Waals surface area contributed by atoms with Gasteiger partial charge in [-0.05, 0) is 48.9 Å². The third-order valence-electron chi connectivity index (χ3n) is 6.10. The van der Waals surface area contributed by atoms with E-state index in [1.54, 1.807) is 0 Å². The Kier molecular flexibility index (Phi) is 8.69. The number of piperidine rings is 1. The average molecular weight is 398 g/mol.